The lowest BCUT2D eigenvalue weighted by molar-refractivity contribution is -0.138. The van der Waals surface area contributed by atoms with Gasteiger partial charge in [0.05, 0.1) is 6.61 Å². The number of nitrogens with zero attached hydrogens (tertiary/aromatic N) is 1. The van der Waals surface area contributed by atoms with E-state index >= 15 is 0 Å². The van der Waals surface area contributed by atoms with E-state index in [4.69, 9.17) is 9.47 Å². The maximum Gasteiger partial charge on any atom is 0.341 e. The SMILES string of the molecule is C=C1Oc2cc(N3CCC3)ccc2C=C1C(=O)OCC. The van der Waals surface area contributed by atoms with E-state index in [2.05, 4.69) is 17.5 Å². The third-order valence-corrected chi connectivity index (χ3v) is 3.55. The van der Waals surface area contributed by atoms with Crippen molar-refractivity contribution in [2.45, 2.75) is 13.3 Å². The number of anilines is 1. The molecule has 0 amide bonds. The Morgan fingerprint density at radius 1 is 1.45 bits per heavy atom. The minimum atomic E-state index is -0.394. The molecule has 0 saturated carbocycles. The monoisotopic (exact) mass is 271 g/mol. The minimum Gasteiger partial charge on any atom is -0.462 e. The van der Waals surface area contributed by atoms with Crippen LogP contribution in [0, 0.1) is 0 Å². The lowest BCUT2D eigenvalue weighted by Gasteiger charge is -2.33. The van der Waals surface area contributed by atoms with Gasteiger partial charge in [0.15, 0.2) is 0 Å². The zero-order valence-corrected chi connectivity index (χ0v) is 11.5. The van der Waals surface area contributed by atoms with Crippen LogP contribution >= 0.6 is 0 Å². The van der Waals surface area contributed by atoms with Gasteiger partial charge in [-0.15, -0.1) is 0 Å². The number of carbonyl (C=O) groups excluding carboxylic acids is 1. The highest BCUT2D eigenvalue weighted by Gasteiger charge is 2.23. The second kappa shape index (κ2) is 5.04. The first-order valence-electron chi connectivity index (χ1n) is 6.84. The molecule has 0 unspecified atom stereocenters. The van der Waals surface area contributed by atoms with Gasteiger partial charge in [-0.25, -0.2) is 4.79 Å². The van der Waals surface area contributed by atoms with E-state index in [1.54, 1.807) is 13.0 Å². The normalized spacial score (nSPS) is 16.8. The molecule has 4 heteroatoms. The number of esters is 1. The summed E-state index contributed by atoms with van der Waals surface area (Å²) in [5, 5.41) is 0. The van der Waals surface area contributed by atoms with Gasteiger partial charge in [-0.2, -0.15) is 0 Å². The van der Waals surface area contributed by atoms with Crippen molar-refractivity contribution in [3.8, 4) is 5.75 Å². The number of benzene rings is 1. The molecular formula is C16H17NO3. The van der Waals surface area contributed by atoms with E-state index in [0.29, 0.717) is 17.9 Å². The molecule has 1 aromatic rings. The van der Waals surface area contributed by atoms with E-state index in [-0.39, 0.29) is 0 Å². The number of ether oxygens (including phenoxy) is 2. The maximum absolute atomic E-state index is 11.8. The zero-order chi connectivity index (χ0) is 14.1. The maximum atomic E-state index is 11.8. The average molecular weight is 271 g/mol. The van der Waals surface area contributed by atoms with Gasteiger partial charge >= 0.3 is 5.97 Å². The van der Waals surface area contributed by atoms with Crippen molar-refractivity contribution in [2.24, 2.45) is 0 Å². The smallest absolute Gasteiger partial charge is 0.341 e. The number of hydrogen-bond donors (Lipinski definition) is 0. The molecule has 0 N–H and O–H groups in total. The summed E-state index contributed by atoms with van der Waals surface area (Å²) in [4.78, 5) is 14.1. The van der Waals surface area contributed by atoms with Gasteiger partial charge in [-0.1, -0.05) is 6.58 Å². The highest BCUT2D eigenvalue weighted by molar-refractivity contribution is 5.99. The Labute approximate surface area is 118 Å². The molecule has 104 valence electrons. The van der Waals surface area contributed by atoms with Crippen LogP contribution in [0.4, 0.5) is 5.69 Å². The van der Waals surface area contributed by atoms with E-state index < -0.39 is 5.97 Å². The van der Waals surface area contributed by atoms with Gasteiger partial charge in [-0.3, -0.25) is 0 Å². The second-order valence-electron chi connectivity index (χ2n) is 4.87. The first kappa shape index (κ1) is 12.8. The first-order chi connectivity index (χ1) is 9.69. The molecule has 0 radical (unpaired) electrons. The van der Waals surface area contributed by atoms with Gasteiger partial charge in [0, 0.05) is 30.4 Å². The predicted molar refractivity (Wildman–Crippen MR) is 77.7 cm³/mol. The fourth-order valence-corrected chi connectivity index (χ4v) is 2.31. The molecule has 0 atom stereocenters. The fourth-order valence-electron chi connectivity index (χ4n) is 2.31. The largest absolute Gasteiger partial charge is 0.462 e. The average Bonchev–Trinajstić information content (AvgIpc) is 2.36. The molecule has 3 rings (SSSR count). The molecule has 1 aromatic carbocycles. The van der Waals surface area contributed by atoms with Crippen molar-refractivity contribution in [3.05, 3.63) is 41.7 Å². The van der Waals surface area contributed by atoms with Crippen LogP contribution < -0.4 is 9.64 Å². The Kier molecular flexibility index (Phi) is 3.22. The molecule has 1 fully saturated rings. The van der Waals surface area contributed by atoms with Crippen molar-refractivity contribution in [2.75, 3.05) is 24.6 Å². The van der Waals surface area contributed by atoms with Gasteiger partial charge in [0.1, 0.15) is 17.1 Å². The molecule has 20 heavy (non-hydrogen) atoms. The van der Waals surface area contributed by atoms with E-state index in [0.717, 1.165) is 30.1 Å². The number of carbonyl (C=O) groups is 1. The summed E-state index contributed by atoms with van der Waals surface area (Å²) in [5.74, 6) is 0.694. The van der Waals surface area contributed by atoms with Crippen molar-refractivity contribution in [1.29, 1.82) is 0 Å². The Hall–Kier alpha value is -2.23. The molecular weight excluding hydrogens is 254 g/mol. The van der Waals surface area contributed by atoms with E-state index in [1.807, 2.05) is 12.1 Å². The van der Waals surface area contributed by atoms with Gasteiger partial charge < -0.3 is 14.4 Å². The summed E-state index contributed by atoms with van der Waals surface area (Å²) < 4.78 is 10.7. The predicted octanol–water partition coefficient (Wildman–Crippen LogP) is 2.75. The van der Waals surface area contributed by atoms with Crippen molar-refractivity contribution in [1.82, 2.24) is 0 Å². The Morgan fingerprint density at radius 2 is 2.25 bits per heavy atom. The van der Waals surface area contributed by atoms with Crippen LogP contribution in [-0.2, 0) is 9.53 Å². The number of fused-ring (bicyclic) bond motifs is 1. The summed E-state index contributed by atoms with van der Waals surface area (Å²) in [6, 6.07) is 6.02. The van der Waals surface area contributed by atoms with Crippen molar-refractivity contribution >= 4 is 17.7 Å². The lowest BCUT2D eigenvalue weighted by atomic mass is 10.0. The van der Waals surface area contributed by atoms with Gasteiger partial charge in [-0.05, 0) is 31.6 Å². The summed E-state index contributed by atoms with van der Waals surface area (Å²) in [6.45, 7) is 8.09. The van der Waals surface area contributed by atoms with Crippen molar-refractivity contribution < 1.29 is 14.3 Å². The fraction of sp³-hybridized carbons (Fsp3) is 0.312. The standard InChI is InChI=1S/C16H17NO3/c1-3-19-16(18)14-9-12-5-6-13(17-7-4-8-17)10-15(12)20-11(14)2/h5-6,9-10H,2-4,7-8H2,1H3. The third kappa shape index (κ3) is 2.18. The highest BCUT2D eigenvalue weighted by Crippen LogP contribution is 2.35. The molecule has 1 saturated heterocycles. The molecule has 0 bridgehead atoms. The van der Waals surface area contributed by atoms with Crippen LogP contribution in [-0.4, -0.2) is 25.7 Å². The first-order valence-corrected chi connectivity index (χ1v) is 6.84. The molecule has 0 aromatic heterocycles. The number of rotatable bonds is 3. The summed E-state index contributed by atoms with van der Waals surface area (Å²) in [7, 11) is 0. The lowest BCUT2D eigenvalue weighted by Crippen LogP contribution is -2.36. The number of hydrogen-bond acceptors (Lipinski definition) is 4. The summed E-state index contributed by atoms with van der Waals surface area (Å²) in [5.41, 5.74) is 2.41. The minimum absolute atomic E-state index is 0.338. The Balaban J connectivity index is 1.91. The highest BCUT2D eigenvalue weighted by atomic mass is 16.5. The van der Waals surface area contributed by atoms with Gasteiger partial charge in [0.2, 0.25) is 0 Å². The summed E-state index contributed by atoms with van der Waals surface area (Å²) >= 11 is 0. The van der Waals surface area contributed by atoms with Crippen LogP contribution in [0.1, 0.15) is 18.9 Å². The van der Waals surface area contributed by atoms with Crippen LogP contribution in [0.5, 0.6) is 5.75 Å². The molecule has 0 spiro atoms. The van der Waals surface area contributed by atoms with E-state index in [1.165, 1.54) is 6.42 Å². The molecule has 2 aliphatic heterocycles. The Bertz CT molecular complexity index is 600. The van der Waals surface area contributed by atoms with Crippen LogP contribution in [0.15, 0.2) is 36.1 Å². The zero-order valence-electron chi connectivity index (χ0n) is 11.5. The molecule has 4 nitrogen and oxygen atoms in total. The third-order valence-electron chi connectivity index (χ3n) is 3.55. The topological polar surface area (TPSA) is 38.8 Å². The van der Waals surface area contributed by atoms with E-state index in [9.17, 15) is 4.79 Å². The van der Waals surface area contributed by atoms with Gasteiger partial charge in [0.25, 0.3) is 0 Å². The quantitative estimate of drug-likeness (QED) is 0.792. The second-order valence-corrected chi connectivity index (χ2v) is 4.87. The van der Waals surface area contributed by atoms with Crippen LogP contribution in [0.25, 0.3) is 6.08 Å². The van der Waals surface area contributed by atoms with Crippen LogP contribution in [0.3, 0.4) is 0 Å². The van der Waals surface area contributed by atoms with Crippen molar-refractivity contribution in [3.63, 3.8) is 0 Å². The molecule has 2 aliphatic rings. The summed E-state index contributed by atoms with van der Waals surface area (Å²) in [6.07, 6.45) is 3.01. The van der Waals surface area contributed by atoms with Crippen LogP contribution in [0.2, 0.25) is 0 Å². The Morgan fingerprint density at radius 3 is 2.90 bits per heavy atom. The molecule has 2 heterocycles. The molecule has 0 aliphatic carbocycles.